The normalized spacial score (nSPS) is 17.6. The molecule has 128 valence electrons. The lowest BCUT2D eigenvalue weighted by Gasteiger charge is -2.23. The maximum absolute atomic E-state index is 6.00. The van der Waals surface area contributed by atoms with Crippen LogP contribution in [0.4, 0.5) is 5.82 Å². The molecule has 4 rings (SSSR count). The third kappa shape index (κ3) is 3.72. The lowest BCUT2D eigenvalue weighted by molar-refractivity contribution is 0.392. The van der Waals surface area contributed by atoms with Gasteiger partial charge in [-0.15, -0.1) is 0 Å². The Balaban J connectivity index is 1.67. The van der Waals surface area contributed by atoms with Crippen molar-refractivity contribution in [2.45, 2.75) is 12.8 Å². The van der Waals surface area contributed by atoms with Crippen molar-refractivity contribution in [1.82, 2.24) is 20.3 Å². The van der Waals surface area contributed by atoms with Gasteiger partial charge in [0.15, 0.2) is 5.82 Å². The molecule has 3 heterocycles. The molecule has 2 aromatic heterocycles. The molecule has 2 N–H and O–H groups in total. The van der Waals surface area contributed by atoms with Gasteiger partial charge in [-0.05, 0) is 50.0 Å². The number of aromatic nitrogens is 3. The predicted molar refractivity (Wildman–Crippen MR) is 102 cm³/mol. The molecule has 0 aliphatic carbocycles. The summed E-state index contributed by atoms with van der Waals surface area (Å²) in [6.07, 6.45) is 5.88. The number of piperidine rings is 1. The summed E-state index contributed by atoms with van der Waals surface area (Å²) in [4.78, 5) is 13.7. The van der Waals surface area contributed by atoms with E-state index in [9.17, 15) is 0 Å². The van der Waals surface area contributed by atoms with Gasteiger partial charge in [-0.25, -0.2) is 9.97 Å². The van der Waals surface area contributed by atoms with E-state index < -0.39 is 0 Å². The van der Waals surface area contributed by atoms with Crippen molar-refractivity contribution in [3.8, 4) is 11.3 Å². The molecule has 0 radical (unpaired) electrons. The van der Waals surface area contributed by atoms with Gasteiger partial charge in [0.1, 0.15) is 5.52 Å². The van der Waals surface area contributed by atoms with Crippen molar-refractivity contribution >= 4 is 28.5 Å². The number of anilines is 1. The SMILES string of the molecule is Clc1ccc(-c2cc3nccnc3c(NCC3CCCNC3)n2)cc1. The molecule has 5 nitrogen and oxygen atoms in total. The van der Waals surface area contributed by atoms with Crippen molar-refractivity contribution in [3.63, 3.8) is 0 Å². The van der Waals surface area contributed by atoms with E-state index in [4.69, 9.17) is 16.6 Å². The number of nitrogens with one attached hydrogen (secondary N) is 2. The number of hydrogen-bond donors (Lipinski definition) is 2. The van der Waals surface area contributed by atoms with Gasteiger partial charge in [-0.1, -0.05) is 23.7 Å². The molecule has 1 aliphatic heterocycles. The smallest absolute Gasteiger partial charge is 0.154 e. The zero-order chi connectivity index (χ0) is 17.1. The average Bonchev–Trinajstić information content (AvgIpc) is 2.67. The molecule has 6 heteroatoms. The maximum atomic E-state index is 6.00. The minimum absolute atomic E-state index is 0.612. The van der Waals surface area contributed by atoms with Crippen LogP contribution in [-0.4, -0.2) is 34.6 Å². The van der Waals surface area contributed by atoms with Gasteiger partial charge in [-0.2, -0.15) is 0 Å². The Bertz CT molecular complexity index is 859. The van der Waals surface area contributed by atoms with Gasteiger partial charge >= 0.3 is 0 Å². The van der Waals surface area contributed by atoms with E-state index in [2.05, 4.69) is 20.6 Å². The second-order valence-corrected chi connectivity index (χ2v) is 6.82. The monoisotopic (exact) mass is 353 g/mol. The Morgan fingerprint density at radius 3 is 2.80 bits per heavy atom. The molecule has 1 unspecified atom stereocenters. The molecule has 1 atom stereocenters. The molecule has 0 bridgehead atoms. The zero-order valence-corrected chi connectivity index (χ0v) is 14.6. The number of pyridine rings is 1. The molecule has 1 fully saturated rings. The Kier molecular flexibility index (Phi) is 4.76. The summed E-state index contributed by atoms with van der Waals surface area (Å²) in [6.45, 7) is 3.05. The first-order valence-electron chi connectivity index (χ1n) is 8.62. The van der Waals surface area contributed by atoms with Gasteiger partial charge in [0, 0.05) is 29.5 Å². The van der Waals surface area contributed by atoms with Crippen LogP contribution in [0.3, 0.4) is 0 Å². The number of rotatable bonds is 4. The lowest BCUT2D eigenvalue weighted by atomic mass is 10.00. The van der Waals surface area contributed by atoms with Crippen molar-refractivity contribution in [2.24, 2.45) is 5.92 Å². The van der Waals surface area contributed by atoms with E-state index in [-0.39, 0.29) is 0 Å². The van der Waals surface area contributed by atoms with Crippen LogP contribution in [-0.2, 0) is 0 Å². The molecule has 1 saturated heterocycles. The van der Waals surface area contributed by atoms with Gasteiger partial charge in [0.25, 0.3) is 0 Å². The van der Waals surface area contributed by atoms with E-state index >= 15 is 0 Å². The fourth-order valence-corrected chi connectivity index (χ4v) is 3.33. The molecule has 0 amide bonds. The second kappa shape index (κ2) is 7.33. The second-order valence-electron chi connectivity index (χ2n) is 6.38. The first-order valence-corrected chi connectivity index (χ1v) is 9.00. The first kappa shape index (κ1) is 16.2. The Labute approximate surface area is 151 Å². The first-order chi connectivity index (χ1) is 12.3. The fraction of sp³-hybridized carbons (Fsp3) is 0.316. The van der Waals surface area contributed by atoms with Gasteiger partial charge in [-0.3, -0.25) is 4.98 Å². The standard InChI is InChI=1S/C19H20ClN5/c20-15-5-3-14(4-6-15)16-10-17-18(23-9-8-22-17)19(25-16)24-12-13-2-1-7-21-11-13/h3-6,8-10,13,21H,1-2,7,11-12H2,(H,24,25). The van der Waals surface area contributed by atoms with Crippen LogP contribution < -0.4 is 10.6 Å². The molecular weight excluding hydrogens is 334 g/mol. The number of halogens is 1. The van der Waals surface area contributed by atoms with E-state index in [1.54, 1.807) is 12.4 Å². The quantitative estimate of drug-likeness (QED) is 0.747. The fourth-order valence-electron chi connectivity index (χ4n) is 3.20. The van der Waals surface area contributed by atoms with Crippen LogP contribution in [0.2, 0.25) is 5.02 Å². The average molecular weight is 354 g/mol. The number of nitrogens with zero attached hydrogens (tertiary/aromatic N) is 3. The highest BCUT2D eigenvalue weighted by Gasteiger charge is 2.15. The van der Waals surface area contributed by atoms with Crippen molar-refractivity contribution in [3.05, 3.63) is 47.7 Å². The number of hydrogen-bond acceptors (Lipinski definition) is 5. The van der Waals surface area contributed by atoms with Gasteiger partial charge in [0.2, 0.25) is 0 Å². The third-order valence-corrected chi connectivity index (χ3v) is 4.81. The maximum Gasteiger partial charge on any atom is 0.154 e. The van der Waals surface area contributed by atoms with E-state index in [1.165, 1.54) is 12.8 Å². The predicted octanol–water partition coefficient (Wildman–Crippen LogP) is 3.76. The summed E-state index contributed by atoms with van der Waals surface area (Å²) in [5.41, 5.74) is 3.53. The minimum Gasteiger partial charge on any atom is -0.368 e. The van der Waals surface area contributed by atoms with Crippen LogP contribution in [0.5, 0.6) is 0 Å². The van der Waals surface area contributed by atoms with E-state index in [1.807, 2.05) is 30.3 Å². The largest absolute Gasteiger partial charge is 0.368 e. The summed E-state index contributed by atoms with van der Waals surface area (Å²) in [7, 11) is 0. The van der Waals surface area contributed by atoms with E-state index in [0.717, 1.165) is 47.7 Å². The van der Waals surface area contributed by atoms with Crippen LogP contribution in [0.15, 0.2) is 42.7 Å². The summed E-state index contributed by atoms with van der Waals surface area (Å²) in [6, 6.07) is 9.67. The third-order valence-electron chi connectivity index (χ3n) is 4.55. The summed E-state index contributed by atoms with van der Waals surface area (Å²) >= 11 is 6.00. The summed E-state index contributed by atoms with van der Waals surface area (Å²) in [5.74, 6) is 1.41. The number of fused-ring (bicyclic) bond motifs is 1. The van der Waals surface area contributed by atoms with Crippen molar-refractivity contribution < 1.29 is 0 Å². The van der Waals surface area contributed by atoms with E-state index in [0.29, 0.717) is 10.9 Å². The summed E-state index contributed by atoms with van der Waals surface area (Å²) in [5, 5.41) is 7.66. The molecule has 3 aromatic rings. The lowest BCUT2D eigenvalue weighted by Crippen LogP contribution is -2.33. The zero-order valence-electron chi connectivity index (χ0n) is 13.9. The molecule has 0 spiro atoms. The summed E-state index contributed by atoms with van der Waals surface area (Å²) < 4.78 is 0. The highest BCUT2D eigenvalue weighted by molar-refractivity contribution is 6.30. The Morgan fingerprint density at radius 1 is 1.16 bits per heavy atom. The minimum atomic E-state index is 0.612. The number of benzene rings is 1. The molecular formula is C19H20ClN5. The molecule has 1 aliphatic rings. The van der Waals surface area contributed by atoms with Crippen LogP contribution in [0.1, 0.15) is 12.8 Å². The van der Waals surface area contributed by atoms with Crippen LogP contribution in [0.25, 0.3) is 22.3 Å². The van der Waals surface area contributed by atoms with Crippen molar-refractivity contribution in [1.29, 1.82) is 0 Å². The van der Waals surface area contributed by atoms with Gasteiger partial charge in [0.05, 0.1) is 11.2 Å². The highest BCUT2D eigenvalue weighted by Crippen LogP contribution is 2.26. The van der Waals surface area contributed by atoms with Crippen LogP contribution in [0, 0.1) is 5.92 Å². The molecule has 25 heavy (non-hydrogen) atoms. The van der Waals surface area contributed by atoms with Gasteiger partial charge < -0.3 is 10.6 Å². The Morgan fingerprint density at radius 2 is 2.00 bits per heavy atom. The van der Waals surface area contributed by atoms with Crippen LogP contribution >= 0.6 is 11.6 Å². The van der Waals surface area contributed by atoms with Crippen molar-refractivity contribution in [2.75, 3.05) is 25.0 Å². The molecule has 1 aromatic carbocycles. The Hall–Kier alpha value is -2.24. The highest BCUT2D eigenvalue weighted by atomic mass is 35.5. The topological polar surface area (TPSA) is 62.7 Å². The molecule has 0 saturated carbocycles.